The highest BCUT2D eigenvalue weighted by atomic mass is 16.5. The van der Waals surface area contributed by atoms with Crippen molar-refractivity contribution in [1.29, 1.82) is 0 Å². The molecule has 34 heavy (non-hydrogen) atoms. The van der Waals surface area contributed by atoms with Gasteiger partial charge in [0.05, 0.1) is 35.9 Å². The molecule has 0 bridgehead atoms. The lowest BCUT2D eigenvalue weighted by Gasteiger charge is -2.24. The number of aliphatic hydroxyl groups excluding tert-OH is 1. The van der Waals surface area contributed by atoms with Crippen LogP contribution < -0.4 is 4.74 Å². The third-order valence-corrected chi connectivity index (χ3v) is 5.77. The lowest BCUT2D eigenvalue weighted by Crippen LogP contribution is -2.31. The summed E-state index contributed by atoms with van der Waals surface area (Å²) in [6.45, 7) is 7.84. The second-order valence-electron chi connectivity index (χ2n) is 8.73. The monoisotopic (exact) mass is 459 g/mol. The minimum absolute atomic E-state index is 0.412. The van der Waals surface area contributed by atoms with Crippen LogP contribution in [0.1, 0.15) is 42.3 Å². The van der Waals surface area contributed by atoms with Crippen molar-refractivity contribution in [2.75, 3.05) is 6.54 Å². The van der Waals surface area contributed by atoms with Crippen molar-refractivity contribution in [3.05, 3.63) is 95.6 Å². The third kappa shape index (κ3) is 5.95. The number of hydrogen-bond acceptors (Lipinski definition) is 5. The Bertz CT molecular complexity index is 1170. The lowest BCUT2D eigenvalue weighted by molar-refractivity contribution is 0.0927. The molecule has 0 aliphatic heterocycles. The van der Waals surface area contributed by atoms with Gasteiger partial charge in [0.25, 0.3) is 0 Å². The smallest absolute Gasteiger partial charge is 0.227 e. The Morgan fingerprint density at radius 1 is 1.03 bits per heavy atom. The Labute approximate surface area is 201 Å². The maximum absolute atomic E-state index is 10.6. The summed E-state index contributed by atoms with van der Waals surface area (Å²) in [6.07, 6.45) is 2.96. The zero-order chi connectivity index (χ0) is 23.9. The molecule has 2 aromatic heterocycles. The number of aromatic nitrogens is 2. The molecule has 0 saturated heterocycles. The van der Waals surface area contributed by atoms with Crippen LogP contribution in [0.25, 0.3) is 5.69 Å². The number of furan rings is 1. The molecule has 1 N–H and O–H groups in total. The molecule has 4 rings (SSSR count). The molecule has 0 aliphatic carbocycles. The molecule has 0 amide bonds. The minimum atomic E-state index is -0.412. The quantitative estimate of drug-likeness (QED) is 0.296. The molecule has 0 fully saturated rings. The summed E-state index contributed by atoms with van der Waals surface area (Å²) in [6, 6.07) is 21.9. The molecule has 0 spiro atoms. The Morgan fingerprint density at radius 2 is 1.85 bits per heavy atom. The van der Waals surface area contributed by atoms with Crippen molar-refractivity contribution in [3.63, 3.8) is 0 Å². The second-order valence-corrected chi connectivity index (χ2v) is 8.73. The molecule has 6 nitrogen and oxygen atoms in total. The van der Waals surface area contributed by atoms with E-state index in [1.807, 2.05) is 85.3 Å². The van der Waals surface area contributed by atoms with Crippen LogP contribution in [0.2, 0.25) is 0 Å². The van der Waals surface area contributed by atoms with Crippen molar-refractivity contribution >= 4 is 0 Å². The normalized spacial score (nSPS) is 12.3. The average Bonchev–Trinajstić information content (AvgIpc) is 3.43. The number of aliphatic hydroxyl groups is 1. The van der Waals surface area contributed by atoms with Gasteiger partial charge in [-0.25, -0.2) is 4.68 Å². The number of aryl methyl sites for hydroxylation is 2. The van der Waals surface area contributed by atoms with E-state index in [4.69, 9.17) is 14.3 Å². The Balaban J connectivity index is 1.71. The second kappa shape index (κ2) is 11.2. The van der Waals surface area contributed by atoms with Gasteiger partial charge in [0.15, 0.2) is 0 Å². The largest absolute Gasteiger partial charge is 0.468 e. The van der Waals surface area contributed by atoms with Crippen molar-refractivity contribution < 1.29 is 14.3 Å². The molecule has 0 aliphatic rings. The first kappa shape index (κ1) is 23.8. The van der Waals surface area contributed by atoms with E-state index < -0.39 is 6.10 Å². The summed E-state index contributed by atoms with van der Waals surface area (Å²) in [5.41, 5.74) is 3.94. The standard InChI is InChI=1S/C28H33N3O3/c1-4-10-24(32)18-30(19-26-15-9-16-33-26)20-27-22(3)29-31(23-12-6-5-7-13-23)28(27)34-25-14-8-11-21(2)17-25/h5-9,11-17,24,32H,4,10,18-20H2,1-3H3. The summed E-state index contributed by atoms with van der Waals surface area (Å²) < 4.78 is 13.9. The van der Waals surface area contributed by atoms with Crippen molar-refractivity contribution in [1.82, 2.24) is 14.7 Å². The van der Waals surface area contributed by atoms with Crippen LogP contribution >= 0.6 is 0 Å². The van der Waals surface area contributed by atoms with Crippen LogP contribution in [0.3, 0.4) is 0 Å². The van der Waals surface area contributed by atoms with Crippen LogP contribution in [-0.2, 0) is 13.1 Å². The number of nitrogens with zero attached hydrogens (tertiary/aromatic N) is 3. The van der Waals surface area contributed by atoms with Gasteiger partial charge in [0.2, 0.25) is 5.88 Å². The molecule has 6 heteroatoms. The van der Waals surface area contributed by atoms with E-state index in [1.165, 1.54) is 0 Å². The first-order valence-corrected chi connectivity index (χ1v) is 11.8. The SMILES string of the molecule is CCCC(O)CN(Cc1ccco1)Cc1c(C)nn(-c2ccccc2)c1Oc1cccc(C)c1. The third-order valence-electron chi connectivity index (χ3n) is 5.77. The summed E-state index contributed by atoms with van der Waals surface area (Å²) in [7, 11) is 0. The first-order chi connectivity index (χ1) is 16.5. The molecule has 0 radical (unpaired) electrons. The molecule has 4 aromatic rings. The van der Waals surface area contributed by atoms with E-state index in [1.54, 1.807) is 6.26 Å². The number of rotatable bonds is 11. The highest BCUT2D eigenvalue weighted by Crippen LogP contribution is 2.32. The molecular weight excluding hydrogens is 426 g/mol. The predicted molar refractivity (Wildman–Crippen MR) is 133 cm³/mol. The zero-order valence-corrected chi connectivity index (χ0v) is 20.1. The summed E-state index contributed by atoms with van der Waals surface area (Å²) >= 11 is 0. The van der Waals surface area contributed by atoms with Crippen molar-refractivity contribution in [2.24, 2.45) is 0 Å². The summed E-state index contributed by atoms with van der Waals surface area (Å²) in [5.74, 6) is 2.31. The van der Waals surface area contributed by atoms with Gasteiger partial charge in [-0.1, -0.05) is 43.7 Å². The van der Waals surface area contributed by atoms with E-state index in [9.17, 15) is 5.11 Å². The molecule has 0 saturated carbocycles. The molecule has 2 heterocycles. The fourth-order valence-electron chi connectivity index (χ4n) is 4.11. The van der Waals surface area contributed by atoms with Crippen LogP contribution in [-0.4, -0.2) is 32.4 Å². The van der Waals surface area contributed by atoms with E-state index in [2.05, 4.69) is 11.8 Å². The topological polar surface area (TPSA) is 63.7 Å². The van der Waals surface area contributed by atoms with Gasteiger partial charge in [0.1, 0.15) is 11.5 Å². The number of ether oxygens (including phenoxy) is 1. The van der Waals surface area contributed by atoms with Gasteiger partial charge in [0, 0.05) is 13.1 Å². The fraction of sp³-hybridized carbons (Fsp3) is 0.321. The zero-order valence-electron chi connectivity index (χ0n) is 20.1. The van der Waals surface area contributed by atoms with Crippen LogP contribution in [0.4, 0.5) is 0 Å². The first-order valence-electron chi connectivity index (χ1n) is 11.8. The van der Waals surface area contributed by atoms with Gasteiger partial charge in [-0.3, -0.25) is 4.90 Å². The Morgan fingerprint density at radius 3 is 2.56 bits per heavy atom. The maximum atomic E-state index is 10.6. The van der Waals surface area contributed by atoms with Crippen molar-refractivity contribution in [2.45, 2.75) is 52.8 Å². The lowest BCUT2D eigenvalue weighted by atomic mass is 10.1. The minimum Gasteiger partial charge on any atom is -0.468 e. The van der Waals surface area contributed by atoms with Crippen LogP contribution in [0.5, 0.6) is 11.6 Å². The summed E-state index contributed by atoms with van der Waals surface area (Å²) in [5, 5.41) is 15.4. The summed E-state index contributed by atoms with van der Waals surface area (Å²) in [4.78, 5) is 2.20. The predicted octanol–water partition coefficient (Wildman–Crippen LogP) is 6.04. The molecule has 2 aromatic carbocycles. The van der Waals surface area contributed by atoms with Gasteiger partial charge in [-0.15, -0.1) is 0 Å². The molecule has 178 valence electrons. The number of hydrogen-bond donors (Lipinski definition) is 1. The maximum Gasteiger partial charge on any atom is 0.227 e. The number of benzene rings is 2. The van der Waals surface area contributed by atoms with Crippen molar-refractivity contribution in [3.8, 4) is 17.3 Å². The Kier molecular flexibility index (Phi) is 7.83. The molecular formula is C28H33N3O3. The average molecular weight is 460 g/mol. The Hall–Kier alpha value is -3.35. The van der Waals surface area contributed by atoms with Crippen LogP contribution in [0.15, 0.2) is 77.4 Å². The van der Waals surface area contributed by atoms with Gasteiger partial charge >= 0.3 is 0 Å². The van der Waals surface area contributed by atoms with E-state index in [-0.39, 0.29) is 0 Å². The highest BCUT2D eigenvalue weighted by Gasteiger charge is 2.23. The van der Waals surface area contributed by atoms with Gasteiger partial charge in [-0.05, 0) is 62.2 Å². The highest BCUT2D eigenvalue weighted by molar-refractivity contribution is 5.43. The van der Waals surface area contributed by atoms with Crippen LogP contribution in [0, 0.1) is 13.8 Å². The van der Waals surface area contributed by atoms with Gasteiger partial charge < -0.3 is 14.3 Å². The van der Waals surface area contributed by atoms with E-state index in [0.29, 0.717) is 25.5 Å². The van der Waals surface area contributed by atoms with Gasteiger partial charge in [-0.2, -0.15) is 5.10 Å². The van der Waals surface area contributed by atoms with E-state index in [0.717, 1.165) is 46.9 Å². The van der Waals surface area contributed by atoms with E-state index >= 15 is 0 Å². The molecule has 1 unspecified atom stereocenters. The fourth-order valence-corrected chi connectivity index (χ4v) is 4.11. The number of para-hydroxylation sites is 1. The molecule has 1 atom stereocenters.